The van der Waals surface area contributed by atoms with Crippen LogP contribution in [-0.4, -0.2) is 0 Å². The molecule has 16 rings (SSSR count). The van der Waals surface area contributed by atoms with Crippen molar-refractivity contribution in [2.24, 2.45) is 0 Å². The Morgan fingerprint density at radius 2 is 0.402 bits per heavy atom. The zero-order valence-corrected chi connectivity index (χ0v) is 44.8. The van der Waals surface area contributed by atoms with Gasteiger partial charge in [-0.25, -0.2) is 0 Å². The summed E-state index contributed by atoms with van der Waals surface area (Å²) in [5.41, 5.74) is 30.7. The van der Waals surface area contributed by atoms with Crippen molar-refractivity contribution >= 4 is 32.3 Å². The minimum atomic E-state index is 0. The van der Waals surface area contributed by atoms with E-state index >= 15 is 0 Å². The Hall–Kier alpha value is -10.4. The molecule has 0 spiro atoms. The van der Waals surface area contributed by atoms with E-state index in [9.17, 15) is 0 Å². The van der Waals surface area contributed by atoms with Crippen LogP contribution in [0.5, 0.6) is 0 Å². The molecule has 0 saturated heterocycles. The maximum absolute atomic E-state index is 2.56. The van der Waals surface area contributed by atoms with Crippen LogP contribution in [-0.2, 0) is 0 Å². The number of fused-ring (bicyclic) bond motifs is 12. The van der Waals surface area contributed by atoms with Gasteiger partial charge in [0.15, 0.2) is 0 Å². The van der Waals surface area contributed by atoms with Gasteiger partial charge in [0.25, 0.3) is 0 Å². The van der Waals surface area contributed by atoms with Gasteiger partial charge in [0.1, 0.15) is 0 Å². The normalized spacial score (nSPS) is 11.6. The van der Waals surface area contributed by atoms with Gasteiger partial charge in [-0.2, -0.15) is 0 Å². The molecule has 0 fully saturated rings. The van der Waals surface area contributed by atoms with E-state index in [1.54, 1.807) is 0 Å². The van der Waals surface area contributed by atoms with Crippen molar-refractivity contribution in [3.05, 3.63) is 303 Å². The third kappa shape index (κ3) is 7.60. The van der Waals surface area contributed by atoms with Crippen molar-refractivity contribution in [1.82, 2.24) is 0 Å². The molecule has 0 nitrogen and oxygen atoms in total. The first kappa shape index (κ1) is 48.7. The Balaban J connectivity index is 0.00000576. The summed E-state index contributed by atoms with van der Waals surface area (Å²) in [5, 5.41) is 7.41. The molecular weight excluding hydrogens is 985 g/mol. The summed E-state index contributed by atoms with van der Waals surface area (Å²) < 4.78 is 0. The van der Waals surface area contributed by atoms with E-state index in [0.717, 1.165) is 0 Å². The van der Waals surface area contributed by atoms with Crippen LogP contribution in [0, 0.1) is 6.92 Å². The highest BCUT2D eigenvalue weighted by Gasteiger charge is 2.36. The van der Waals surface area contributed by atoms with Crippen LogP contribution in [0.3, 0.4) is 0 Å². The largest absolute Gasteiger partial charge is 0.0776 e. The van der Waals surface area contributed by atoms with Crippen LogP contribution < -0.4 is 0 Å². The molecule has 0 N–H and O–H groups in total. The predicted octanol–water partition coefficient (Wildman–Crippen LogP) is 23.3. The van der Waals surface area contributed by atoms with E-state index in [-0.39, 0.29) is 7.43 Å². The fraction of sp³-hybridized carbons (Fsp3) is 0.0244. The van der Waals surface area contributed by atoms with Crippen molar-refractivity contribution < 1.29 is 0 Å². The zero-order chi connectivity index (χ0) is 53.5. The van der Waals surface area contributed by atoms with Crippen molar-refractivity contribution in [2.75, 3.05) is 0 Å². The van der Waals surface area contributed by atoms with Crippen LogP contribution in [0.25, 0.3) is 166 Å². The van der Waals surface area contributed by atoms with Crippen molar-refractivity contribution in [2.45, 2.75) is 14.4 Å². The predicted molar refractivity (Wildman–Crippen MR) is 352 cm³/mol. The third-order valence-electron chi connectivity index (χ3n) is 17.3. The van der Waals surface area contributed by atoms with E-state index in [1.807, 2.05) is 0 Å². The van der Waals surface area contributed by atoms with Crippen molar-refractivity contribution in [3.8, 4) is 134 Å². The number of rotatable bonds is 8. The van der Waals surface area contributed by atoms with E-state index in [2.05, 4.69) is 304 Å². The smallest absolute Gasteiger partial charge is 0.0000929 e. The number of hydrogen-bond acceptors (Lipinski definition) is 0. The monoisotopic (exact) mass is 1040 g/mol. The zero-order valence-electron chi connectivity index (χ0n) is 44.8. The molecule has 0 amide bonds. The molecule has 0 heteroatoms. The van der Waals surface area contributed by atoms with E-state index in [4.69, 9.17) is 0 Å². The summed E-state index contributed by atoms with van der Waals surface area (Å²) in [6, 6.07) is 111. The maximum Gasteiger partial charge on any atom is -0.0000929 e. The minimum absolute atomic E-state index is 0. The van der Waals surface area contributed by atoms with Gasteiger partial charge in [-0.3, -0.25) is 0 Å². The van der Waals surface area contributed by atoms with Gasteiger partial charge >= 0.3 is 0 Å². The Bertz CT molecular complexity index is 4530. The Morgan fingerprint density at radius 1 is 0.183 bits per heavy atom. The number of benzene rings is 13. The Kier molecular flexibility index (Phi) is 11.7. The van der Waals surface area contributed by atoms with E-state index in [1.165, 1.54) is 171 Å². The average Bonchev–Trinajstić information content (AvgIpc) is 1.75. The highest BCUT2D eigenvalue weighted by Crippen LogP contribution is 2.63. The minimum Gasteiger partial charge on any atom is -0.0776 e. The average molecular weight is 1040 g/mol. The lowest BCUT2D eigenvalue weighted by molar-refractivity contribution is 1.52. The summed E-state index contributed by atoms with van der Waals surface area (Å²) in [6.07, 6.45) is 0. The molecule has 384 valence electrons. The molecule has 0 heterocycles. The molecule has 14 aromatic rings. The van der Waals surface area contributed by atoms with Crippen molar-refractivity contribution in [1.29, 1.82) is 0 Å². The molecule has 82 heavy (non-hydrogen) atoms. The molecule has 0 atom stereocenters. The standard InChI is InChI=1S/C81H52.CH4/c1-51-72-66(56-34-18-6-19-35-56)47-60-46-61(48-67(57-36-20-7-21-37-57)73(51)76-63(53-28-12-3-13-29-53)43-42-62(75(72)76)52-26-10-2-11-27-52)71-50-69(59-40-24-9-25-41-59)80-78-65(55-32-16-5-17-33-55)45-44-64(54-30-14-4-15-31-54)77(78)79-68(58-38-22-8-23-39-58)49-70(60)74(71)81(79)80;/h2-50H,1H3;1H4. The highest BCUT2D eigenvalue weighted by molar-refractivity contribution is 6.37. The molecule has 0 saturated carbocycles. The SMILES string of the molecule is C.Cc1c2c(-c3ccccc3)cc3cc(cc(-c4ccccc4)c1-c1c(-c4ccccc4)ccc(-c4ccccc4)c1-2)c1cc(-c2ccccc2)c2c4c(c(-c5ccccc5)cc3c41)-c1c(-c3ccccc3)ccc(-c3ccccc3)c1-2. The Morgan fingerprint density at radius 3 is 0.659 bits per heavy atom. The van der Waals surface area contributed by atoms with Crippen LogP contribution in [0.4, 0.5) is 0 Å². The number of hydrogen-bond donors (Lipinski definition) is 0. The second kappa shape index (κ2) is 19.7. The first-order chi connectivity index (χ1) is 40.2. The van der Waals surface area contributed by atoms with E-state index < -0.39 is 0 Å². The summed E-state index contributed by atoms with van der Waals surface area (Å²) in [5.74, 6) is 0. The molecule has 4 bridgehead atoms. The topological polar surface area (TPSA) is 0 Å². The second-order valence-electron chi connectivity index (χ2n) is 21.7. The van der Waals surface area contributed by atoms with Gasteiger partial charge in [0.2, 0.25) is 0 Å². The Labute approximate surface area is 480 Å². The lowest BCUT2D eigenvalue weighted by atomic mass is 9.83. The van der Waals surface area contributed by atoms with Gasteiger partial charge in [-0.1, -0.05) is 274 Å². The summed E-state index contributed by atoms with van der Waals surface area (Å²) in [6.45, 7) is 2.39. The highest BCUT2D eigenvalue weighted by atomic mass is 14.4. The van der Waals surface area contributed by atoms with Crippen LogP contribution in [0.15, 0.2) is 297 Å². The van der Waals surface area contributed by atoms with Crippen molar-refractivity contribution in [3.63, 3.8) is 0 Å². The van der Waals surface area contributed by atoms with Gasteiger partial charge < -0.3 is 0 Å². The van der Waals surface area contributed by atoms with Gasteiger partial charge in [0, 0.05) is 0 Å². The molecule has 2 aliphatic carbocycles. The van der Waals surface area contributed by atoms with Crippen LogP contribution in [0.1, 0.15) is 13.0 Å². The fourth-order valence-corrected chi connectivity index (χ4v) is 13.9. The molecule has 0 unspecified atom stereocenters. The molecule has 14 aromatic carbocycles. The third-order valence-corrected chi connectivity index (χ3v) is 17.3. The molecule has 2 aliphatic rings. The first-order valence-electron chi connectivity index (χ1n) is 28.2. The first-order valence-corrected chi connectivity index (χ1v) is 28.2. The molecule has 0 aromatic heterocycles. The summed E-state index contributed by atoms with van der Waals surface area (Å²) in [7, 11) is 0. The molecule has 0 aliphatic heterocycles. The van der Waals surface area contributed by atoms with Gasteiger partial charge in [-0.05, 0) is 209 Å². The lowest BCUT2D eigenvalue weighted by Gasteiger charge is -2.19. The second-order valence-corrected chi connectivity index (χ2v) is 21.7. The quantitative estimate of drug-likeness (QED) is 0.142. The maximum atomic E-state index is 2.56. The fourth-order valence-electron chi connectivity index (χ4n) is 13.9. The van der Waals surface area contributed by atoms with E-state index in [0.29, 0.717) is 0 Å². The lowest BCUT2D eigenvalue weighted by Crippen LogP contribution is -1.92. The van der Waals surface area contributed by atoms with Gasteiger partial charge in [-0.15, -0.1) is 0 Å². The molecular formula is C82H56. The van der Waals surface area contributed by atoms with Gasteiger partial charge in [0.05, 0.1) is 0 Å². The van der Waals surface area contributed by atoms with Crippen LogP contribution >= 0.6 is 0 Å². The summed E-state index contributed by atoms with van der Waals surface area (Å²) >= 11 is 0. The molecule has 0 radical (unpaired) electrons. The summed E-state index contributed by atoms with van der Waals surface area (Å²) in [4.78, 5) is 0. The van der Waals surface area contributed by atoms with Crippen LogP contribution in [0.2, 0.25) is 0 Å².